The van der Waals surface area contributed by atoms with Crippen molar-refractivity contribution < 1.29 is 43.1 Å². The van der Waals surface area contributed by atoms with E-state index in [1.807, 2.05) is 30.3 Å². The van der Waals surface area contributed by atoms with Gasteiger partial charge in [-0.15, -0.1) is 0 Å². The van der Waals surface area contributed by atoms with Gasteiger partial charge in [-0.2, -0.15) is 0 Å². The van der Waals surface area contributed by atoms with Crippen LogP contribution in [0.2, 0.25) is 0 Å². The van der Waals surface area contributed by atoms with Crippen molar-refractivity contribution >= 4 is 23.3 Å². The van der Waals surface area contributed by atoms with E-state index in [2.05, 4.69) is 0 Å². The van der Waals surface area contributed by atoms with Crippen LogP contribution in [0, 0.1) is 20.2 Å². The van der Waals surface area contributed by atoms with Gasteiger partial charge in [0.05, 0.1) is 27.6 Å². The average Bonchev–Trinajstić information content (AvgIpc) is 3.31. The molecule has 4 rings (SSSR count). The lowest BCUT2D eigenvalue weighted by Crippen LogP contribution is -2.41. The number of benzene rings is 3. The molecule has 1 heterocycles. The minimum absolute atomic E-state index is 0.0651. The van der Waals surface area contributed by atoms with Crippen LogP contribution in [0.4, 0.5) is 11.4 Å². The number of esters is 2. The standard InChI is InChI=1S/C27H24N2O11/c1-36-27-24(40-26(31)19-9-13-21(14-10-19)29(34)35)23(37-15-17-5-3-2-4-6-17)22(39-27)16-38-25(30)18-7-11-20(12-8-18)28(32)33/h2-14,22-24,27H,15-16H2,1H3/t22-,23+,24+,27+/m0/s1. The molecule has 1 aliphatic heterocycles. The zero-order valence-electron chi connectivity index (χ0n) is 21.1. The lowest BCUT2D eigenvalue weighted by molar-refractivity contribution is -0.385. The number of carbonyl (C=O) groups excluding carboxylic acids is 2. The van der Waals surface area contributed by atoms with E-state index in [9.17, 15) is 29.8 Å². The second-order valence-electron chi connectivity index (χ2n) is 8.62. The predicted molar refractivity (Wildman–Crippen MR) is 136 cm³/mol. The van der Waals surface area contributed by atoms with Crippen molar-refractivity contribution in [1.82, 2.24) is 0 Å². The van der Waals surface area contributed by atoms with Crippen molar-refractivity contribution in [3.8, 4) is 0 Å². The molecule has 0 amide bonds. The van der Waals surface area contributed by atoms with Crippen molar-refractivity contribution in [1.29, 1.82) is 0 Å². The number of methoxy groups -OCH3 is 1. The maximum absolute atomic E-state index is 12.9. The van der Waals surface area contributed by atoms with Crippen molar-refractivity contribution in [3.05, 3.63) is 116 Å². The van der Waals surface area contributed by atoms with Gasteiger partial charge in [0.25, 0.3) is 11.4 Å². The fraction of sp³-hybridized carbons (Fsp3) is 0.259. The van der Waals surface area contributed by atoms with Crippen LogP contribution in [0.1, 0.15) is 26.3 Å². The van der Waals surface area contributed by atoms with Gasteiger partial charge in [0.15, 0.2) is 12.4 Å². The Kier molecular flexibility index (Phi) is 9.11. The molecule has 0 bridgehead atoms. The molecule has 40 heavy (non-hydrogen) atoms. The molecule has 1 saturated heterocycles. The molecular formula is C27H24N2O11. The molecular weight excluding hydrogens is 528 g/mol. The zero-order chi connectivity index (χ0) is 28.6. The largest absolute Gasteiger partial charge is 0.459 e. The quantitative estimate of drug-likeness (QED) is 0.193. The highest BCUT2D eigenvalue weighted by molar-refractivity contribution is 5.90. The van der Waals surface area contributed by atoms with E-state index in [4.69, 9.17) is 23.7 Å². The number of hydrogen-bond donors (Lipinski definition) is 0. The third kappa shape index (κ3) is 6.83. The summed E-state index contributed by atoms with van der Waals surface area (Å²) in [5.74, 6) is -1.54. The van der Waals surface area contributed by atoms with Crippen LogP contribution in [-0.4, -0.2) is 60.1 Å². The molecule has 0 radical (unpaired) electrons. The van der Waals surface area contributed by atoms with Crippen LogP contribution in [-0.2, 0) is 30.3 Å². The highest BCUT2D eigenvalue weighted by atomic mass is 16.7. The number of nitro groups is 2. The topological polar surface area (TPSA) is 167 Å². The normalized spacial score (nSPS) is 20.0. The molecule has 1 fully saturated rings. The molecule has 13 heteroatoms. The first-order valence-corrected chi connectivity index (χ1v) is 12.0. The van der Waals surface area contributed by atoms with Gasteiger partial charge in [-0.1, -0.05) is 30.3 Å². The Balaban J connectivity index is 1.49. The Hall–Kier alpha value is -4.72. The summed E-state index contributed by atoms with van der Waals surface area (Å²) in [6.45, 7) is -0.190. The van der Waals surface area contributed by atoms with Crippen molar-refractivity contribution in [3.63, 3.8) is 0 Å². The maximum atomic E-state index is 12.9. The monoisotopic (exact) mass is 552 g/mol. The fourth-order valence-electron chi connectivity index (χ4n) is 3.98. The highest BCUT2D eigenvalue weighted by Crippen LogP contribution is 2.30. The molecule has 4 atom stereocenters. The molecule has 0 N–H and O–H groups in total. The molecule has 0 aliphatic carbocycles. The first-order chi connectivity index (χ1) is 19.3. The van der Waals surface area contributed by atoms with Gasteiger partial charge in [-0.25, -0.2) is 9.59 Å². The minimum Gasteiger partial charge on any atom is -0.459 e. The second-order valence-corrected chi connectivity index (χ2v) is 8.62. The van der Waals surface area contributed by atoms with E-state index in [0.29, 0.717) is 0 Å². The summed E-state index contributed by atoms with van der Waals surface area (Å²) in [6, 6.07) is 19.0. The van der Waals surface area contributed by atoms with E-state index >= 15 is 0 Å². The minimum atomic E-state index is -1.08. The van der Waals surface area contributed by atoms with Gasteiger partial charge in [-0.05, 0) is 29.8 Å². The maximum Gasteiger partial charge on any atom is 0.338 e. The molecule has 208 valence electrons. The van der Waals surface area contributed by atoms with Crippen LogP contribution >= 0.6 is 0 Å². The van der Waals surface area contributed by atoms with Gasteiger partial charge in [0.1, 0.15) is 18.8 Å². The lowest BCUT2D eigenvalue weighted by Gasteiger charge is -2.24. The highest BCUT2D eigenvalue weighted by Gasteiger charge is 2.49. The number of ether oxygens (including phenoxy) is 5. The molecule has 0 saturated carbocycles. The summed E-state index contributed by atoms with van der Waals surface area (Å²) >= 11 is 0. The van der Waals surface area contributed by atoms with Crippen LogP contribution < -0.4 is 0 Å². The summed E-state index contributed by atoms with van der Waals surface area (Å²) in [5.41, 5.74) is 0.621. The molecule has 3 aromatic rings. The molecule has 0 unspecified atom stereocenters. The Morgan fingerprint density at radius 3 is 1.88 bits per heavy atom. The number of nitrogens with zero attached hydrogens (tertiary/aromatic N) is 2. The summed E-state index contributed by atoms with van der Waals surface area (Å²) in [5, 5.41) is 21.8. The van der Waals surface area contributed by atoms with Crippen molar-refractivity contribution in [2.24, 2.45) is 0 Å². The van der Waals surface area contributed by atoms with Gasteiger partial charge < -0.3 is 23.7 Å². The van der Waals surface area contributed by atoms with Gasteiger partial charge in [0, 0.05) is 31.4 Å². The van der Waals surface area contributed by atoms with E-state index in [1.54, 1.807) is 0 Å². The number of non-ortho nitro benzene ring substituents is 2. The van der Waals surface area contributed by atoms with Crippen LogP contribution in [0.5, 0.6) is 0 Å². The summed E-state index contributed by atoms with van der Waals surface area (Å²) in [7, 11) is 1.34. The summed E-state index contributed by atoms with van der Waals surface area (Å²) < 4.78 is 28.4. The number of rotatable bonds is 11. The summed E-state index contributed by atoms with van der Waals surface area (Å²) in [6.07, 6.45) is -4.01. The summed E-state index contributed by atoms with van der Waals surface area (Å²) in [4.78, 5) is 46.1. The molecule has 13 nitrogen and oxygen atoms in total. The van der Waals surface area contributed by atoms with Gasteiger partial charge >= 0.3 is 11.9 Å². The molecule has 0 aromatic heterocycles. The first-order valence-electron chi connectivity index (χ1n) is 12.0. The SMILES string of the molecule is CO[C@@H]1O[C@@H](COC(=O)c2ccc([N+](=O)[O-])cc2)[C@@H](OCc2ccccc2)[C@H]1OC(=O)c1ccc([N+](=O)[O-])cc1. The second kappa shape index (κ2) is 12.9. The Labute approximate surface area is 227 Å². The lowest BCUT2D eigenvalue weighted by atomic mass is 10.1. The number of nitro benzene ring substituents is 2. The average molecular weight is 552 g/mol. The third-order valence-electron chi connectivity index (χ3n) is 6.03. The molecule has 3 aromatic carbocycles. The van der Waals surface area contributed by atoms with Gasteiger partial charge in [-0.3, -0.25) is 20.2 Å². The van der Waals surface area contributed by atoms with E-state index < -0.39 is 46.4 Å². The molecule has 1 aliphatic rings. The van der Waals surface area contributed by atoms with Crippen LogP contribution in [0.15, 0.2) is 78.9 Å². The van der Waals surface area contributed by atoms with Crippen molar-refractivity contribution in [2.75, 3.05) is 13.7 Å². The van der Waals surface area contributed by atoms with Crippen molar-refractivity contribution in [2.45, 2.75) is 31.2 Å². The first kappa shape index (κ1) is 28.3. The van der Waals surface area contributed by atoms with Crippen LogP contribution in [0.3, 0.4) is 0 Å². The molecule has 0 spiro atoms. The third-order valence-corrected chi connectivity index (χ3v) is 6.03. The van der Waals surface area contributed by atoms with E-state index in [1.165, 1.54) is 55.6 Å². The fourth-order valence-corrected chi connectivity index (χ4v) is 3.98. The van der Waals surface area contributed by atoms with E-state index in [0.717, 1.165) is 5.56 Å². The predicted octanol–water partition coefficient (Wildman–Crippen LogP) is 3.84. The Morgan fingerprint density at radius 2 is 1.35 bits per heavy atom. The van der Waals surface area contributed by atoms with Crippen LogP contribution in [0.25, 0.3) is 0 Å². The van der Waals surface area contributed by atoms with E-state index in [-0.39, 0.29) is 35.7 Å². The zero-order valence-corrected chi connectivity index (χ0v) is 21.1. The number of hydrogen-bond acceptors (Lipinski definition) is 11. The Morgan fingerprint density at radius 1 is 0.800 bits per heavy atom. The smallest absolute Gasteiger partial charge is 0.338 e. The Bertz CT molecular complexity index is 1350. The number of carbonyl (C=O) groups is 2. The van der Waals surface area contributed by atoms with Gasteiger partial charge in [0.2, 0.25) is 0 Å².